The molecule has 1 atom stereocenters. The van der Waals surface area contributed by atoms with Crippen molar-refractivity contribution in [3.63, 3.8) is 0 Å². The van der Waals surface area contributed by atoms with Crippen molar-refractivity contribution in [1.29, 1.82) is 0 Å². The maximum absolute atomic E-state index is 13.4. The van der Waals surface area contributed by atoms with Crippen LogP contribution in [-0.4, -0.2) is 41.2 Å². The normalized spacial score (nSPS) is 19.7. The highest BCUT2D eigenvalue weighted by atomic mass is 16.2. The van der Waals surface area contributed by atoms with Crippen LogP contribution in [0.2, 0.25) is 0 Å². The summed E-state index contributed by atoms with van der Waals surface area (Å²) in [6.45, 7) is 6.76. The van der Waals surface area contributed by atoms with E-state index < -0.39 is 0 Å². The van der Waals surface area contributed by atoms with Crippen LogP contribution in [-0.2, 0) is 4.79 Å². The van der Waals surface area contributed by atoms with Crippen LogP contribution < -0.4 is 0 Å². The Morgan fingerprint density at radius 2 is 1.68 bits per heavy atom. The number of rotatable bonds is 5. The molecule has 0 saturated heterocycles. The van der Waals surface area contributed by atoms with Crippen LogP contribution in [0.4, 0.5) is 0 Å². The molecule has 4 nitrogen and oxygen atoms in total. The van der Waals surface area contributed by atoms with Crippen LogP contribution in [0.15, 0.2) is 47.6 Å². The second-order valence-corrected chi connectivity index (χ2v) is 9.44. The van der Waals surface area contributed by atoms with E-state index in [2.05, 4.69) is 75.2 Å². The molecule has 4 rings (SSSR count). The summed E-state index contributed by atoms with van der Waals surface area (Å²) in [6, 6.07) is 15.5. The number of nitrogens with zero attached hydrogens (tertiary/aromatic N) is 3. The molecule has 0 N–H and O–H groups in total. The van der Waals surface area contributed by atoms with E-state index in [0.29, 0.717) is 12.6 Å². The van der Waals surface area contributed by atoms with E-state index in [0.717, 1.165) is 23.3 Å². The zero-order valence-electron chi connectivity index (χ0n) is 19.4. The van der Waals surface area contributed by atoms with Crippen molar-refractivity contribution in [1.82, 2.24) is 9.91 Å². The second kappa shape index (κ2) is 9.35. The third kappa shape index (κ3) is 4.90. The molecule has 164 valence electrons. The Morgan fingerprint density at radius 1 is 1.00 bits per heavy atom. The lowest BCUT2D eigenvalue weighted by molar-refractivity contribution is -0.134. The molecule has 1 saturated carbocycles. The number of amides is 1. The molecule has 4 heteroatoms. The molecule has 31 heavy (non-hydrogen) atoms. The second-order valence-electron chi connectivity index (χ2n) is 9.44. The van der Waals surface area contributed by atoms with E-state index in [4.69, 9.17) is 5.10 Å². The van der Waals surface area contributed by atoms with Crippen molar-refractivity contribution in [2.45, 2.75) is 71.4 Å². The number of carbonyl (C=O) groups is 1. The molecule has 1 unspecified atom stereocenters. The van der Waals surface area contributed by atoms with E-state index in [9.17, 15) is 4.79 Å². The molecular formula is C27H35N3O. The van der Waals surface area contributed by atoms with Gasteiger partial charge in [-0.2, -0.15) is 5.10 Å². The van der Waals surface area contributed by atoms with Crippen molar-refractivity contribution in [2.24, 2.45) is 5.10 Å². The first-order valence-corrected chi connectivity index (χ1v) is 11.7. The van der Waals surface area contributed by atoms with E-state index in [-0.39, 0.29) is 11.9 Å². The fourth-order valence-electron chi connectivity index (χ4n) is 5.03. The summed E-state index contributed by atoms with van der Waals surface area (Å²) < 4.78 is 0. The van der Waals surface area contributed by atoms with Gasteiger partial charge in [-0.05, 0) is 51.8 Å². The van der Waals surface area contributed by atoms with Gasteiger partial charge in [0.05, 0.1) is 18.3 Å². The highest BCUT2D eigenvalue weighted by Crippen LogP contribution is 2.34. The van der Waals surface area contributed by atoms with Crippen molar-refractivity contribution in [2.75, 3.05) is 13.6 Å². The molecule has 1 fully saturated rings. The molecule has 0 radical (unpaired) electrons. The minimum absolute atomic E-state index is 0.0384. The Bertz CT molecular complexity index is 957. The number of aryl methyl sites for hydroxylation is 3. The summed E-state index contributed by atoms with van der Waals surface area (Å²) in [7, 11) is 2.10. The smallest absolute Gasteiger partial charge is 0.257 e. The van der Waals surface area contributed by atoms with Gasteiger partial charge in [0.15, 0.2) is 0 Å². The van der Waals surface area contributed by atoms with Crippen molar-refractivity contribution in [3.05, 3.63) is 70.3 Å². The first-order chi connectivity index (χ1) is 14.9. The van der Waals surface area contributed by atoms with Crippen molar-refractivity contribution in [3.8, 4) is 0 Å². The minimum Gasteiger partial charge on any atom is -0.295 e. The van der Waals surface area contributed by atoms with Crippen molar-refractivity contribution < 1.29 is 4.79 Å². The van der Waals surface area contributed by atoms with Gasteiger partial charge in [0.1, 0.15) is 0 Å². The zero-order chi connectivity index (χ0) is 22.0. The third-order valence-electron chi connectivity index (χ3n) is 6.90. The molecule has 1 heterocycles. The highest BCUT2D eigenvalue weighted by Gasteiger charge is 2.34. The quantitative estimate of drug-likeness (QED) is 0.639. The van der Waals surface area contributed by atoms with Gasteiger partial charge in [-0.25, -0.2) is 5.01 Å². The van der Waals surface area contributed by atoms with Gasteiger partial charge in [-0.3, -0.25) is 9.69 Å². The fourth-order valence-corrected chi connectivity index (χ4v) is 5.03. The number of hydrazone groups is 1. The average Bonchev–Trinajstić information content (AvgIpc) is 3.20. The third-order valence-corrected chi connectivity index (χ3v) is 6.90. The van der Waals surface area contributed by atoms with Gasteiger partial charge < -0.3 is 0 Å². The van der Waals surface area contributed by atoms with Gasteiger partial charge in [0.2, 0.25) is 0 Å². The van der Waals surface area contributed by atoms with Crippen LogP contribution in [0, 0.1) is 20.8 Å². The lowest BCUT2D eigenvalue weighted by Crippen LogP contribution is -2.41. The fraction of sp³-hybridized carbons (Fsp3) is 0.481. The van der Waals surface area contributed by atoms with Gasteiger partial charge in [0.25, 0.3) is 5.91 Å². The zero-order valence-corrected chi connectivity index (χ0v) is 19.4. The van der Waals surface area contributed by atoms with Crippen LogP contribution in [0.5, 0.6) is 0 Å². The Morgan fingerprint density at radius 3 is 2.35 bits per heavy atom. The molecule has 2 aromatic carbocycles. The number of hydrogen-bond donors (Lipinski definition) is 0. The molecule has 1 amide bonds. The monoisotopic (exact) mass is 417 g/mol. The number of hydrogen-bond acceptors (Lipinski definition) is 3. The van der Waals surface area contributed by atoms with E-state index in [1.165, 1.54) is 48.8 Å². The van der Waals surface area contributed by atoms with Gasteiger partial charge in [-0.1, -0.05) is 72.9 Å². The van der Waals surface area contributed by atoms with E-state index in [1.54, 1.807) is 5.01 Å². The lowest BCUT2D eigenvalue weighted by Gasteiger charge is -2.32. The minimum atomic E-state index is -0.0384. The maximum atomic E-state index is 13.4. The lowest BCUT2D eigenvalue weighted by atomic mass is 9.94. The van der Waals surface area contributed by atoms with Gasteiger partial charge in [0, 0.05) is 18.0 Å². The Kier molecular flexibility index (Phi) is 6.57. The summed E-state index contributed by atoms with van der Waals surface area (Å²) in [4.78, 5) is 15.7. The van der Waals surface area contributed by atoms with Gasteiger partial charge in [-0.15, -0.1) is 0 Å². The topological polar surface area (TPSA) is 35.9 Å². The Labute approximate surface area is 186 Å². The summed E-state index contributed by atoms with van der Waals surface area (Å²) in [6.07, 6.45) is 7.02. The predicted octanol–water partition coefficient (Wildman–Crippen LogP) is 5.55. The summed E-state index contributed by atoms with van der Waals surface area (Å²) in [5, 5.41) is 6.66. The molecule has 0 aromatic heterocycles. The molecular weight excluding hydrogens is 382 g/mol. The largest absolute Gasteiger partial charge is 0.295 e. The molecule has 2 aliphatic rings. The molecule has 0 spiro atoms. The van der Waals surface area contributed by atoms with Crippen molar-refractivity contribution >= 4 is 11.6 Å². The molecule has 1 aliphatic heterocycles. The maximum Gasteiger partial charge on any atom is 0.257 e. The predicted molar refractivity (Wildman–Crippen MR) is 127 cm³/mol. The summed E-state index contributed by atoms with van der Waals surface area (Å²) in [5.74, 6) is 0.0958. The standard InChI is InChI=1S/C27H35N3O/c1-19-10-13-22(14-11-19)26-17-25(24-15-12-20(2)16-21(24)3)28-30(26)27(31)18-29(4)23-8-6-5-7-9-23/h10-16,23,26H,5-9,17-18H2,1-4H3. The van der Waals surface area contributed by atoms with E-state index in [1.807, 2.05) is 0 Å². The SMILES string of the molecule is Cc1ccc(C2CC(c3ccc(C)cc3C)=NN2C(=O)CN(C)C2CCCCC2)cc1. The summed E-state index contributed by atoms with van der Waals surface area (Å²) >= 11 is 0. The van der Waals surface area contributed by atoms with Crippen LogP contribution in [0.25, 0.3) is 0 Å². The van der Waals surface area contributed by atoms with Crippen LogP contribution >= 0.6 is 0 Å². The van der Waals surface area contributed by atoms with Crippen LogP contribution in [0.1, 0.15) is 72.4 Å². The van der Waals surface area contributed by atoms with Gasteiger partial charge >= 0.3 is 0 Å². The molecule has 2 aromatic rings. The number of likely N-dealkylation sites (N-methyl/N-ethyl adjacent to an activating group) is 1. The summed E-state index contributed by atoms with van der Waals surface area (Å²) in [5.41, 5.74) is 7.01. The first kappa shape index (κ1) is 21.8. The van der Waals surface area contributed by atoms with Crippen LogP contribution in [0.3, 0.4) is 0 Å². The number of benzene rings is 2. The average molecular weight is 418 g/mol. The molecule has 0 bridgehead atoms. The first-order valence-electron chi connectivity index (χ1n) is 11.7. The highest BCUT2D eigenvalue weighted by molar-refractivity contribution is 6.04. The molecule has 1 aliphatic carbocycles. The Balaban J connectivity index is 1.60. The number of carbonyl (C=O) groups excluding carboxylic acids is 1. The van der Waals surface area contributed by atoms with E-state index >= 15 is 0 Å². The Hall–Kier alpha value is -2.46.